The minimum absolute atomic E-state index is 0.0319. The lowest BCUT2D eigenvalue weighted by molar-refractivity contribution is -0.140. The Kier molecular flexibility index (Phi) is 4.58. The van der Waals surface area contributed by atoms with E-state index in [0.717, 1.165) is 54.9 Å². The number of rotatable bonds is 0. The fraction of sp³-hybridized carbons (Fsp3) is 1.00. The third kappa shape index (κ3) is 2.61. The van der Waals surface area contributed by atoms with E-state index < -0.39 is 0 Å². The number of aliphatic hydroxyl groups is 1. The van der Waals surface area contributed by atoms with Gasteiger partial charge in [-0.3, -0.25) is 5.32 Å². The van der Waals surface area contributed by atoms with Gasteiger partial charge in [-0.15, -0.1) is 0 Å². The van der Waals surface area contributed by atoms with Crippen molar-refractivity contribution in [1.82, 2.24) is 5.32 Å². The van der Waals surface area contributed by atoms with E-state index in [1.165, 1.54) is 51.4 Å². The molecule has 6 rings (SSSR count). The van der Waals surface area contributed by atoms with Crippen LogP contribution >= 0.6 is 0 Å². The second-order valence-electron chi connectivity index (χ2n) is 13.3. The van der Waals surface area contributed by atoms with Crippen LogP contribution in [0, 0.1) is 52.3 Å². The molecule has 2 saturated heterocycles. The highest BCUT2D eigenvalue weighted by atomic mass is 16.5. The predicted molar refractivity (Wildman–Crippen MR) is 120 cm³/mol. The van der Waals surface area contributed by atoms with Gasteiger partial charge in [0, 0.05) is 12.5 Å². The van der Waals surface area contributed by atoms with Gasteiger partial charge in [0.15, 0.2) is 0 Å². The molecule has 0 bridgehead atoms. The Morgan fingerprint density at radius 3 is 2.43 bits per heavy atom. The second kappa shape index (κ2) is 6.70. The molecule has 4 aliphatic carbocycles. The lowest BCUT2D eigenvalue weighted by Crippen LogP contribution is -2.57. The van der Waals surface area contributed by atoms with Crippen molar-refractivity contribution < 1.29 is 9.84 Å². The molecule has 0 unspecified atom stereocenters. The van der Waals surface area contributed by atoms with Crippen molar-refractivity contribution in [3.63, 3.8) is 0 Å². The molecule has 6 aliphatic rings. The molecule has 0 radical (unpaired) electrons. The zero-order valence-corrected chi connectivity index (χ0v) is 19.8. The summed E-state index contributed by atoms with van der Waals surface area (Å²) in [5.41, 5.74) is 0.919. The number of nitrogens with one attached hydrogen (secondary N) is 1. The summed E-state index contributed by atoms with van der Waals surface area (Å²) >= 11 is 0. The van der Waals surface area contributed by atoms with Crippen molar-refractivity contribution in [3.05, 3.63) is 0 Å². The van der Waals surface area contributed by atoms with E-state index >= 15 is 0 Å². The number of piperidine rings is 1. The van der Waals surface area contributed by atoms with Crippen molar-refractivity contribution in [2.24, 2.45) is 52.3 Å². The quantitative estimate of drug-likeness (QED) is 0.559. The molecule has 30 heavy (non-hydrogen) atoms. The molecule has 0 aromatic carbocycles. The summed E-state index contributed by atoms with van der Waals surface area (Å²) in [5, 5.41) is 14.2. The number of hydrogen-bond donors (Lipinski definition) is 2. The monoisotopic (exact) mass is 415 g/mol. The maximum atomic E-state index is 10.3. The Hall–Kier alpha value is -0.120. The zero-order valence-electron chi connectivity index (χ0n) is 19.8. The Labute approximate surface area is 184 Å². The van der Waals surface area contributed by atoms with Crippen molar-refractivity contribution in [3.8, 4) is 0 Å². The van der Waals surface area contributed by atoms with Crippen molar-refractivity contribution >= 4 is 0 Å². The largest absolute Gasteiger partial charge is 0.393 e. The number of ether oxygens (including phenoxy) is 1. The van der Waals surface area contributed by atoms with Gasteiger partial charge in [-0.1, -0.05) is 27.7 Å². The highest BCUT2D eigenvalue weighted by Crippen LogP contribution is 2.71. The summed E-state index contributed by atoms with van der Waals surface area (Å²) in [6.07, 6.45) is 13.2. The van der Waals surface area contributed by atoms with E-state index in [2.05, 4.69) is 33.0 Å². The van der Waals surface area contributed by atoms with Gasteiger partial charge in [-0.05, 0) is 111 Å². The molecule has 2 N–H and O–H groups in total. The van der Waals surface area contributed by atoms with Gasteiger partial charge in [0.1, 0.15) is 5.72 Å². The SMILES string of the molecule is C[C@H]1CC[C@]2(NC1)O[C@@H]1C[C@@H]3[C@H]4CC[C@@H]5C[C@H](O)CC[C@]5(C)[C@@H]4CC[C@]3(C)[C@@H]1[C@@H]2C. The first-order valence-corrected chi connectivity index (χ1v) is 13.4. The van der Waals surface area contributed by atoms with Gasteiger partial charge in [0.2, 0.25) is 0 Å². The van der Waals surface area contributed by atoms with E-state index in [4.69, 9.17) is 4.74 Å². The number of hydrogen-bond acceptors (Lipinski definition) is 3. The van der Waals surface area contributed by atoms with Gasteiger partial charge in [-0.25, -0.2) is 0 Å². The van der Waals surface area contributed by atoms with Crippen LogP contribution in [0.1, 0.15) is 91.9 Å². The van der Waals surface area contributed by atoms with Crippen LogP contribution in [0.4, 0.5) is 0 Å². The topological polar surface area (TPSA) is 41.5 Å². The highest BCUT2D eigenvalue weighted by Gasteiger charge is 2.68. The molecule has 2 heterocycles. The Morgan fingerprint density at radius 1 is 0.867 bits per heavy atom. The van der Waals surface area contributed by atoms with E-state index in [1.807, 2.05) is 0 Å². The maximum Gasteiger partial charge on any atom is 0.122 e. The summed E-state index contributed by atoms with van der Waals surface area (Å²) in [7, 11) is 0. The molecule has 12 atom stereocenters. The average Bonchev–Trinajstić information content (AvgIpc) is 3.16. The molecule has 3 nitrogen and oxygen atoms in total. The van der Waals surface area contributed by atoms with Crippen molar-refractivity contribution in [1.29, 1.82) is 0 Å². The molecular weight excluding hydrogens is 370 g/mol. The van der Waals surface area contributed by atoms with Crippen LogP contribution in [-0.2, 0) is 4.74 Å². The average molecular weight is 416 g/mol. The van der Waals surface area contributed by atoms with Gasteiger partial charge >= 0.3 is 0 Å². The summed E-state index contributed by atoms with van der Waals surface area (Å²) in [6, 6.07) is 0. The third-order valence-corrected chi connectivity index (χ3v) is 12.1. The van der Waals surface area contributed by atoms with E-state index in [1.54, 1.807) is 0 Å². The first-order chi connectivity index (χ1) is 14.3. The molecule has 170 valence electrons. The highest BCUT2D eigenvalue weighted by molar-refractivity contribution is 5.16. The zero-order chi connectivity index (χ0) is 20.9. The Morgan fingerprint density at radius 2 is 1.67 bits per heavy atom. The van der Waals surface area contributed by atoms with Crippen LogP contribution in [-0.4, -0.2) is 29.6 Å². The summed E-state index contributed by atoms with van der Waals surface area (Å²) in [5.74, 6) is 5.57. The molecule has 6 fully saturated rings. The third-order valence-electron chi connectivity index (χ3n) is 12.1. The van der Waals surface area contributed by atoms with E-state index in [0.29, 0.717) is 22.9 Å². The number of aliphatic hydroxyl groups excluding tert-OH is 1. The fourth-order valence-corrected chi connectivity index (χ4v) is 10.4. The molecule has 0 aromatic rings. The molecule has 3 heteroatoms. The number of fused-ring (bicyclic) bond motifs is 7. The van der Waals surface area contributed by atoms with E-state index in [-0.39, 0.29) is 11.8 Å². The van der Waals surface area contributed by atoms with Crippen LogP contribution in [0.3, 0.4) is 0 Å². The lowest BCUT2D eigenvalue weighted by Gasteiger charge is -2.61. The van der Waals surface area contributed by atoms with Crippen LogP contribution in [0.25, 0.3) is 0 Å². The minimum Gasteiger partial charge on any atom is -0.393 e. The van der Waals surface area contributed by atoms with Gasteiger partial charge in [0.25, 0.3) is 0 Å². The Balaban J connectivity index is 1.26. The van der Waals surface area contributed by atoms with Crippen LogP contribution in [0.5, 0.6) is 0 Å². The standard InChI is InChI=1S/C27H45NO2/c1-16-7-12-27(28-15-16)17(2)24-23(30-27)14-22-20-6-5-18-13-19(29)8-10-25(18,3)21(20)9-11-26(22,24)4/h16-24,28-29H,5-15H2,1-4H3/t16-,17-,18+,19+,20-,21+,22+,23+,24+,25-,26-,27-/m0/s1. The second-order valence-corrected chi connectivity index (χ2v) is 13.3. The van der Waals surface area contributed by atoms with Crippen molar-refractivity contribution in [2.45, 2.75) is 110 Å². The molecule has 0 aromatic heterocycles. The maximum absolute atomic E-state index is 10.3. The summed E-state index contributed by atoms with van der Waals surface area (Å²) in [4.78, 5) is 0. The molecular formula is C27H45NO2. The smallest absolute Gasteiger partial charge is 0.122 e. The van der Waals surface area contributed by atoms with Gasteiger partial charge in [0.05, 0.1) is 12.2 Å². The summed E-state index contributed by atoms with van der Waals surface area (Å²) < 4.78 is 7.01. The predicted octanol–water partition coefficient (Wildman–Crippen LogP) is 5.37. The molecule has 1 spiro atoms. The first-order valence-electron chi connectivity index (χ1n) is 13.4. The lowest BCUT2D eigenvalue weighted by atomic mass is 9.44. The molecule has 0 amide bonds. The minimum atomic E-state index is -0.0320. The van der Waals surface area contributed by atoms with Gasteiger partial charge < -0.3 is 9.84 Å². The summed E-state index contributed by atoms with van der Waals surface area (Å²) in [6.45, 7) is 11.3. The van der Waals surface area contributed by atoms with Gasteiger partial charge in [-0.2, -0.15) is 0 Å². The fourth-order valence-electron chi connectivity index (χ4n) is 10.4. The van der Waals surface area contributed by atoms with Crippen LogP contribution in [0.2, 0.25) is 0 Å². The van der Waals surface area contributed by atoms with Crippen LogP contribution in [0.15, 0.2) is 0 Å². The van der Waals surface area contributed by atoms with Crippen molar-refractivity contribution in [2.75, 3.05) is 6.54 Å². The normalized spacial score (nSPS) is 62.5. The first kappa shape index (κ1) is 20.5. The van der Waals surface area contributed by atoms with E-state index in [9.17, 15) is 5.11 Å². The molecule has 4 saturated carbocycles. The van der Waals surface area contributed by atoms with Crippen LogP contribution < -0.4 is 5.32 Å². The Bertz CT molecular complexity index is 686. The molecule has 2 aliphatic heterocycles.